The molecule has 8 nitrogen and oxygen atoms in total. The number of halogens is 1. The number of hydrogen-bond donors (Lipinski definition) is 0. The van der Waals surface area contributed by atoms with Gasteiger partial charge in [-0.15, -0.1) is 0 Å². The van der Waals surface area contributed by atoms with E-state index in [1.54, 1.807) is 15.6 Å². The highest BCUT2D eigenvalue weighted by molar-refractivity contribution is 9.10. The summed E-state index contributed by atoms with van der Waals surface area (Å²) in [5.74, 6) is 0.895. The summed E-state index contributed by atoms with van der Waals surface area (Å²) in [6, 6.07) is 1.95. The quantitative estimate of drug-likeness (QED) is 0.754. The fourth-order valence-corrected chi connectivity index (χ4v) is 3.50. The SMILES string of the molecule is O=C(OC1CCOCC1)N1CCN(c2ccn3ncc(Br)c3n2)CC1. The van der Waals surface area contributed by atoms with Crippen molar-refractivity contribution in [1.29, 1.82) is 0 Å². The molecule has 134 valence electrons. The van der Waals surface area contributed by atoms with Gasteiger partial charge in [0.15, 0.2) is 5.65 Å². The molecule has 25 heavy (non-hydrogen) atoms. The summed E-state index contributed by atoms with van der Waals surface area (Å²) < 4.78 is 13.5. The molecular weight excluding hydrogens is 390 g/mol. The molecule has 0 N–H and O–H groups in total. The van der Waals surface area contributed by atoms with Crippen molar-refractivity contribution in [2.45, 2.75) is 18.9 Å². The first-order valence-corrected chi connectivity index (χ1v) is 9.28. The molecule has 0 unspecified atom stereocenters. The highest BCUT2D eigenvalue weighted by Crippen LogP contribution is 2.20. The molecule has 2 aliphatic rings. The number of carbonyl (C=O) groups is 1. The van der Waals surface area contributed by atoms with Gasteiger partial charge in [0.05, 0.1) is 23.9 Å². The van der Waals surface area contributed by atoms with Crippen LogP contribution in [0, 0.1) is 0 Å². The Labute approximate surface area is 153 Å². The van der Waals surface area contributed by atoms with Gasteiger partial charge >= 0.3 is 6.09 Å². The van der Waals surface area contributed by atoms with E-state index in [1.165, 1.54) is 0 Å². The third-order valence-corrected chi connectivity index (χ3v) is 5.17. The fourth-order valence-electron chi connectivity index (χ4n) is 3.14. The summed E-state index contributed by atoms with van der Waals surface area (Å²) in [7, 11) is 0. The monoisotopic (exact) mass is 409 g/mol. The van der Waals surface area contributed by atoms with E-state index in [0.29, 0.717) is 26.3 Å². The van der Waals surface area contributed by atoms with E-state index in [1.807, 2.05) is 12.3 Å². The summed E-state index contributed by atoms with van der Waals surface area (Å²) in [5.41, 5.74) is 0.791. The van der Waals surface area contributed by atoms with E-state index >= 15 is 0 Å². The summed E-state index contributed by atoms with van der Waals surface area (Å²) in [6.07, 6.45) is 4.98. The maximum absolute atomic E-state index is 12.3. The summed E-state index contributed by atoms with van der Waals surface area (Å²) >= 11 is 3.46. The topological polar surface area (TPSA) is 72.2 Å². The Morgan fingerprint density at radius 1 is 1.24 bits per heavy atom. The van der Waals surface area contributed by atoms with Crippen LogP contribution in [0.25, 0.3) is 5.65 Å². The molecule has 2 aliphatic heterocycles. The van der Waals surface area contributed by atoms with Crippen LogP contribution >= 0.6 is 15.9 Å². The van der Waals surface area contributed by atoms with Gasteiger partial charge in [-0.1, -0.05) is 0 Å². The highest BCUT2D eigenvalue weighted by Gasteiger charge is 2.26. The Morgan fingerprint density at radius 2 is 2.00 bits per heavy atom. The predicted octanol–water partition coefficient (Wildman–Crippen LogP) is 1.93. The lowest BCUT2D eigenvalue weighted by atomic mass is 10.2. The van der Waals surface area contributed by atoms with Gasteiger partial charge in [-0.05, 0) is 22.0 Å². The first-order chi connectivity index (χ1) is 12.2. The number of fused-ring (bicyclic) bond motifs is 1. The Hall–Kier alpha value is -1.87. The number of amides is 1. The average Bonchev–Trinajstić information content (AvgIpc) is 3.03. The summed E-state index contributed by atoms with van der Waals surface area (Å²) in [5, 5.41) is 4.21. The summed E-state index contributed by atoms with van der Waals surface area (Å²) in [6.45, 7) is 4.08. The number of carbonyl (C=O) groups excluding carboxylic acids is 1. The van der Waals surface area contributed by atoms with Crippen LogP contribution in [0.15, 0.2) is 22.9 Å². The zero-order chi connectivity index (χ0) is 17.2. The van der Waals surface area contributed by atoms with Crippen molar-refractivity contribution < 1.29 is 14.3 Å². The minimum absolute atomic E-state index is 0.0115. The number of ether oxygens (including phenoxy) is 2. The Morgan fingerprint density at radius 3 is 2.76 bits per heavy atom. The third-order valence-electron chi connectivity index (χ3n) is 4.61. The van der Waals surface area contributed by atoms with E-state index in [0.717, 1.165) is 41.9 Å². The van der Waals surface area contributed by atoms with Gasteiger partial charge in [-0.25, -0.2) is 14.3 Å². The first kappa shape index (κ1) is 16.6. The van der Waals surface area contributed by atoms with E-state index in [4.69, 9.17) is 9.47 Å². The van der Waals surface area contributed by atoms with E-state index in [9.17, 15) is 4.79 Å². The third kappa shape index (κ3) is 3.57. The van der Waals surface area contributed by atoms with Gasteiger partial charge in [0.2, 0.25) is 0 Å². The molecule has 0 spiro atoms. The molecule has 2 aromatic rings. The van der Waals surface area contributed by atoms with Crippen LogP contribution in [-0.2, 0) is 9.47 Å². The number of piperazine rings is 1. The highest BCUT2D eigenvalue weighted by atomic mass is 79.9. The molecule has 0 atom stereocenters. The van der Waals surface area contributed by atoms with Crippen molar-refractivity contribution in [2.24, 2.45) is 0 Å². The number of nitrogens with zero attached hydrogens (tertiary/aromatic N) is 5. The van der Waals surface area contributed by atoms with Crippen molar-refractivity contribution >= 4 is 33.5 Å². The van der Waals surface area contributed by atoms with Crippen molar-refractivity contribution in [3.63, 3.8) is 0 Å². The second kappa shape index (κ2) is 7.17. The maximum atomic E-state index is 12.3. The first-order valence-electron chi connectivity index (χ1n) is 8.49. The number of hydrogen-bond acceptors (Lipinski definition) is 6. The molecule has 0 radical (unpaired) electrons. The zero-order valence-corrected chi connectivity index (χ0v) is 15.4. The van der Waals surface area contributed by atoms with Crippen LogP contribution in [0.5, 0.6) is 0 Å². The lowest BCUT2D eigenvalue weighted by Crippen LogP contribution is -2.50. The number of aromatic nitrogens is 3. The van der Waals surface area contributed by atoms with Gasteiger partial charge < -0.3 is 19.3 Å². The minimum Gasteiger partial charge on any atom is -0.446 e. The standard InChI is InChI=1S/C16H20BrN5O3/c17-13-11-18-22-4-1-14(19-15(13)22)20-5-7-21(8-6-20)16(23)25-12-2-9-24-10-3-12/h1,4,11-12H,2-3,5-10H2. The molecule has 0 aliphatic carbocycles. The van der Waals surface area contributed by atoms with Crippen molar-refractivity contribution in [1.82, 2.24) is 19.5 Å². The zero-order valence-electron chi connectivity index (χ0n) is 13.8. The second-order valence-corrected chi connectivity index (χ2v) is 7.07. The Kier molecular flexibility index (Phi) is 4.76. The molecule has 4 rings (SSSR count). The molecule has 2 aromatic heterocycles. The molecule has 0 saturated carbocycles. The molecule has 2 saturated heterocycles. The Bertz CT molecular complexity index is 753. The maximum Gasteiger partial charge on any atom is 0.410 e. The molecule has 0 aromatic carbocycles. The van der Waals surface area contributed by atoms with Gasteiger partial charge in [0.25, 0.3) is 0 Å². The summed E-state index contributed by atoms with van der Waals surface area (Å²) in [4.78, 5) is 20.9. The molecule has 9 heteroatoms. The van der Waals surface area contributed by atoms with Crippen molar-refractivity contribution in [3.8, 4) is 0 Å². The second-order valence-electron chi connectivity index (χ2n) is 6.22. The molecular formula is C16H20BrN5O3. The van der Waals surface area contributed by atoms with Crippen LogP contribution in [0.3, 0.4) is 0 Å². The minimum atomic E-state index is -0.214. The van der Waals surface area contributed by atoms with Crippen molar-refractivity contribution in [2.75, 3.05) is 44.3 Å². The van der Waals surface area contributed by atoms with Crippen LogP contribution in [0.1, 0.15) is 12.8 Å². The van der Waals surface area contributed by atoms with Crippen molar-refractivity contribution in [3.05, 3.63) is 22.9 Å². The van der Waals surface area contributed by atoms with E-state index in [-0.39, 0.29) is 12.2 Å². The molecule has 1 amide bonds. The fraction of sp³-hybridized carbons (Fsp3) is 0.562. The average molecular weight is 410 g/mol. The van der Waals surface area contributed by atoms with Crippen LogP contribution < -0.4 is 4.90 Å². The van der Waals surface area contributed by atoms with Crippen LogP contribution in [0.2, 0.25) is 0 Å². The van der Waals surface area contributed by atoms with E-state index < -0.39 is 0 Å². The Balaban J connectivity index is 1.35. The number of rotatable bonds is 2. The molecule has 2 fully saturated rings. The smallest absolute Gasteiger partial charge is 0.410 e. The molecule has 4 heterocycles. The van der Waals surface area contributed by atoms with Crippen LogP contribution in [-0.4, -0.2) is 71.1 Å². The van der Waals surface area contributed by atoms with Gasteiger partial charge in [0, 0.05) is 45.2 Å². The van der Waals surface area contributed by atoms with Gasteiger partial charge in [-0.3, -0.25) is 0 Å². The number of anilines is 1. The normalized spacial score (nSPS) is 19.4. The lowest BCUT2D eigenvalue weighted by molar-refractivity contribution is -0.0106. The predicted molar refractivity (Wildman–Crippen MR) is 94.8 cm³/mol. The van der Waals surface area contributed by atoms with Gasteiger partial charge in [0.1, 0.15) is 11.9 Å². The molecule has 0 bridgehead atoms. The lowest BCUT2D eigenvalue weighted by Gasteiger charge is -2.35. The van der Waals surface area contributed by atoms with E-state index in [2.05, 4.69) is 30.9 Å². The van der Waals surface area contributed by atoms with Gasteiger partial charge in [-0.2, -0.15) is 5.10 Å². The van der Waals surface area contributed by atoms with Crippen LogP contribution in [0.4, 0.5) is 10.6 Å². The largest absolute Gasteiger partial charge is 0.446 e.